The Morgan fingerprint density at radius 2 is 2.11 bits per heavy atom. The molecule has 1 aromatic rings. The third-order valence-corrected chi connectivity index (χ3v) is 6.23. The van der Waals surface area contributed by atoms with Gasteiger partial charge in [0.25, 0.3) is 0 Å². The number of sulfone groups is 1. The summed E-state index contributed by atoms with van der Waals surface area (Å²) >= 11 is 0. The maximum atomic E-state index is 12.1. The summed E-state index contributed by atoms with van der Waals surface area (Å²) in [5, 5.41) is 8.99. The number of aliphatic hydroxyl groups excluding tert-OH is 1. The van der Waals surface area contributed by atoms with Gasteiger partial charge in [0.2, 0.25) is 10.0 Å². The number of nitrogens with one attached hydrogen (secondary N) is 1. The van der Waals surface area contributed by atoms with Gasteiger partial charge in [0.05, 0.1) is 23.0 Å². The number of sulfonamides is 1. The van der Waals surface area contributed by atoms with Crippen LogP contribution in [0.15, 0.2) is 29.2 Å². The van der Waals surface area contributed by atoms with Crippen LogP contribution in [0.5, 0.6) is 0 Å². The van der Waals surface area contributed by atoms with E-state index >= 15 is 0 Å². The fourth-order valence-corrected chi connectivity index (χ4v) is 5.11. The molecule has 0 aromatic heterocycles. The first-order valence-corrected chi connectivity index (χ1v) is 9.05. The largest absolute Gasteiger partial charge is 0.392 e. The lowest BCUT2D eigenvalue weighted by Gasteiger charge is -2.12. The van der Waals surface area contributed by atoms with Gasteiger partial charge in [-0.15, -0.1) is 0 Å². The van der Waals surface area contributed by atoms with Gasteiger partial charge in [-0.05, 0) is 24.1 Å². The highest BCUT2D eigenvalue weighted by Gasteiger charge is 2.31. The van der Waals surface area contributed by atoms with E-state index in [1.165, 1.54) is 18.2 Å². The predicted octanol–water partition coefficient (Wildman–Crippen LogP) is -0.356. The fraction of sp³-hybridized carbons (Fsp3) is 0.455. The van der Waals surface area contributed by atoms with Gasteiger partial charge < -0.3 is 5.11 Å². The molecule has 1 atom stereocenters. The molecule has 1 heterocycles. The molecule has 2 N–H and O–H groups in total. The molecule has 0 aliphatic carbocycles. The normalized spacial score (nSPS) is 22.5. The first-order valence-electron chi connectivity index (χ1n) is 5.75. The van der Waals surface area contributed by atoms with E-state index in [-0.39, 0.29) is 23.0 Å². The van der Waals surface area contributed by atoms with Crippen molar-refractivity contribution >= 4 is 19.9 Å². The number of rotatable bonds is 4. The van der Waals surface area contributed by atoms with Crippen molar-refractivity contribution in [1.29, 1.82) is 0 Å². The molecule has 1 aromatic carbocycles. The summed E-state index contributed by atoms with van der Waals surface area (Å²) in [4.78, 5) is 0.0309. The quantitative estimate of drug-likeness (QED) is 0.791. The molecule has 2 rings (SSSR count). The summed E-state index contributed by atoms with van der Waals surface area (Å²) in [6.45, 7) is -0.249. The second kappa shape index (κ2) is 5.20. The van der Waals surface area contributed by atoms with Crippen LogP contribution in [0.25, 0.3) is 0 Å². The molecule has 0 amide bonds. The lowest BCUT2D eigenvalue weighted by molar-refractivity contribution is 0.281. The molecule has 1 aliphatic heterocycles. The van der Waals surface area contributed by atoms with Crippen molar-refractivity contribution in [3.63, 3.8) is 0 Å². The Bertz CT molecular complexity index is 666. The van der Waals surface area contributed by atoms with Gasteiger partial charge in [-0.2, -0.15) is 0 Å². The molecule has 1 saturated heterocycles. The summed E-state index contributed by atoms with van der Waals surface area (Å²) in [7, 11) is -6.88. The Balaban J connectivity index is 2.19. The van der Waals surface area contributed by atoms with Crippen LogP contribution in [-0.2, 0) is 26.5 Å². The number of hydrogen-bond donors (Lipinski definition) is 2. The predicted molar refractivity (Wildman–Crippen MR) is 69.7 cm³/mol. The number of aliphatic hydroxyl groups is 1. The van der Waals surface area contributed by atoms with Gasteiger partial charge in [-0.25, -0.2) is 21.6 Å². The average molecular weight is 305 g/mol. The zero-order valence-corrected chi connectivity index (χ0v) is 11.7. The second-order valence-electron chi connectivity index (χ2n) is 4.53. The van der Waals surface area contributed by atoms with Crippen molar-refractivity contribution in [3.8, 4) is 0 Å². The summed E-state index contributed by atoms with van der Waals surface area (Å²) in [5.74, 6) is -0.150. The second-order valence-corrected chi connectivity index (χ2v) is 8.47. The Morgan fingerprint density at radius 3 is 2.68 bits per heavy atom. The van der Waals surface area contributed by atoms with E-state index in [1.54, 1.807) is 6.07 Å². The van der Waals surface area contributed by atoms with Gasteiger partial charge in [-0.1, -0.05) is 12.1 Å². The molecular weight excluding hydrogens is 290 g/mol. The minimum Gasteiger partial charge on any atom is -0.392 e. The highest BCUT2D eigenvalue weighted by molar-refractivity contribution is 7.92. The highest BCUT2D eigenvalue weighted by atomic mass is 32.2. The van der Waals surface area contributed by atoms with Crippen LogP contribution in [0, 0.1) is 0 Å². The van der Waals surface area contributed by atoms with E-state index in [0.29, 0.717) is 12.0 Å². The molecule has 1 fully saturated rings. The topological polar surface area (TPSA) is 101 Å². The highest BCUT2D eigenvalue weighted by Crippen LogP contribution is 2.16. The first-order chi connectivity index (χ1) is 8.82. The third kappa shape index (κ3) is 3.53. The molecule has 0 radical (unpaired) electrons. The Hall–Kier alpha value is -0.960. The zero-order valence-electron chi connectivity index (χ0n) is 10.1. The summed E-state index contributed by atoms with van der Waals surface area (Å²) in [5.41, 5.74) is 0.488. The molecule has 1 aliphatic rings. The van der Waals surface area contributed by atoms with Gasteiger partial charge in [-0.3, -0.25) is 0 Å². The Labute approximate surface area is 112 Å². The molecular formula is C11H15NO5S2. The van der Waals surface area contributed by atoms with E-state index in [2.05, 4.69) is 4.72 Å². The third-order valence-electron chi connectivity index (χ3n) is 2.95. The van der Waals surface area contributed by atoms with Crippen molar-refractivity contribution in [2.45, 2.75) is 24.0 Å². The SMILES string of the molecule is O=S1(=O)CCC(NS(=O)(=O)c2cccc(CO)c2)C1. The molecule has 0 bridgehead atoms. The molecule has 6 nitrogen and oxygen atoms in total. The Morgan fingerprint density at radius 1 is 1.37 bits per heavy atom. The summed E-state index contributed by atoms with van der Waals surface area (Å²) < 4.78 is 49.1. The molecule has 0 spiro atoms. The summed E-state index contributed by atoms with van der Waals surface area (Å²) in [6, 6.07) is 5.34. The first kappa shape index (κ1) is 14.4. The van der Waals surface area contributed by atoms with E-state index in [4.69, 9.17) is 5.11 Å². The standard InChI is InChI=1S/C11H15NO5S2/c13-7-9-2-1-3-11(6-9)19(16,17)12-10-4-5-18(14,15)8-10/h1-3,6,10,12-13H,4-5,7-8H2. The molecule has 106 valence electrons. The van der Waals surface area contributed by atoms with Crippen molar-refractivity contribution in [2.24, 2.45) is 0 Å². The van der Waals surface area contributed by atoms with Crippen molar-refractivity contribution in [1.82, 2.24) is 4.72 Å². The smallest absolute Gasteiger partial charge is 0.240 e. The van der Waals surface area contributed by atoms with E-state index in [9.17, 15) is 16.8 Å². The van der Waals surface area contributed by atoms with E-state index in [1.807, 2.05) is 0 Å². The molecule has 8 heteroatoms. The van der Waals surface area contributed by atoms with Crippen LogP contribution in [0.1, 0.15) is 12.0 Å². The van der Waals surface area contributed by atoms with Gasteiger partial charge in [0.1, 0.15) is 0 Å². The minimum atomic E-state index is -3.75. The van der Waals surface area contributed by atoms with E-state index < -0.39 is 25.9 Å². The van der Waals surface area contributed by atoms with Gasteiger partial charge in [0, 0.05) is 6.04 Å². The Kier molecular flexibility index (Phi) is 3.95. The molecule has 0 saturated carbocycles. The van der Waals surface area contributed by atoms with E-state index in [0.717, 1.165) is 0 Å². The van der Waals surface area contributed by atoms with Crippen LogP contribution in [-0.4, -0.2) is 39.5 Å². The lowest BCUT2D eigenvalue weighted by atomic mass is 10.2. The fourth-order valence-electron chi connectivity index (χ4n) is 1.99. The monoisotopic (exact) mass is 305 g/mol. The number of benzene rings is 1. The average Bonchev–Trinajstić information content (AvgIpc) is 2.68. The van der Waals surface area contributed by atoms with Gasteiger partial charge in [0.15, 0.2) is 9.84 Å². The van der Waals surface area contributed by atoms with Crippen molar-refractivity contribution in [2.75, 3.05) is 11.5 Å². The minimum absolute atomic E-state index is 0.0108. The molecule has 19 heavy (non-hydrogen) atoms. The maximum absolute atomic E-state index is 12.1. The van der Waals surface area contributed by atoms with Crippen molar-refractivity contribution in [3.05, 3.63) is 29.8 Å². The van der Waals surface area contributed by atoms with Crippen LogP contribution in [0.4, 0.5) is 0 Å². The van der Waals surface area contributed by atoms with Crippen LogP contribution >= 0.6 is 0 Å². The van der Waals surface area contributed by atoms with Crippen LogP contribution < -0.4 is 4.72 Å². The summed E-state index contributed by atoms with van der Waals surface area (Å²) in [6.07, 6.45) is 0.293. The number of hydrogen-bond acceptors (Lipinski definition) is 5. The van der Waals surface area contributed by atoms with Crippen LogP contribution in [0.2, 0.25) is 0 Å². The van der Waals surface area contributed by atoms with Crippen molar-refractivity contribution < 1.29 is 21.9 Å². The molecule has 1 unspecified atom stereocenters. The van der Waals surface area contributed by atoms with Gasteiger partial charge >= 0.3 is 0 Å². The van der Waals surface area contributed by atoms with Crippen LogP contribution in [0.3, 0.4) is 0 Å². The zero-order chi connectivity index (χ0) is 14.1. The lowest BCUT2D eigenvalue weighted by Crippen LogP contribution is -2.35. The maximum Gasteiger partial charge on any atom is 0.240 e.